The van der Waals surface area contributed by atoms with E-state index in [1.807, 2.05) is 6.92 Å². The average Bonchev–Trinajstić information content (AvgIpc) is 2.49. The van der Waals surface area contributed by atoms with Crippen molar-refractivity contribution in [2.45, 2.75) is 51.2 Å². The van der Waals surface area contributed by atoms with Gasteiger partial charge in [-0.25, -0.2) is 4.79 Å². The average molecular weight is 327 g/mol. The molecule has 1 aliphatic rings. The smallest absolute Gasteiger partial charge is 0.319 e. The molecule has 0 aliphatic heterocycles. The van der Waals surface area contributed by atoms with Gasteiger partial charge in [0.2, 0.25) is 0 Å². The molecule has 1 saturated carbocycles. The molecule has 3 N–H and O–H groups in total. The SMILES string of the molecule is CCCOc1ccc(NC(=O)N[C@@H]2CCCC[C@H]2O)cc1Cl. The Morgan fingerprint density at radius 3 is 2.86 bits per heavy atom. The van der Waals surface area contributed by atoms with E-state index in [0.29, 0.717) is 23.1 Å². The molecule has 122 valence electrons. The van der Waals surface area contributed by atoms with E-state index in [-0.39, 0.29) is 12.1 Å². The quantitative estimate of drug-likeness (QED) is 0.775. The lowest BCUT2D eigenvalue weighted by Crippen LogP contribution is -2.46. The van der Waals surface area contributed by atoms with Crippen molar-refractivity contribution < 1.29 is 14.6 Å². The van der Waals surface area contributed by atoms with Crippen LogP contribution in [0.1, 0.15) is 39.0 Å². The Balaban J connectivity index is 1.89. The number of carbonyl (C=O) groups is 1. The highest BCUT2D eigenvalue weighted by Gasteiger charge is 2.24. The highest BCUT2D eigenvalue weighted by atomic mass is 35.5. The molecule has 1 aliphatic carbocycles. The number of aliphatic hydroxyl groups excluding tert-OH is 1. The Morgan fingerprint density at radius 2 is 2.18 bits per heavy atom. The molecule has 22 heavy (non-hydrogen) atoms. The first-order chi connectivity index (χ1) is 10.6. The van der Waals surface area contributed by atoms with Gasteiger partial charge in [-0.1, -0.05) is 31.4 Å². The summed E-state index contributed by atoms with van der Waals surface area (Å²) in [4.78, 5) is 12.0. The lowest BCUT2D eigenvalue weighted by Gasteiger charge is -2.28. The molecule has 0 unspecified atom stereocenters. The molecule has 2 atom stereocenters. The second kappa shape index (κ2) is 8.25. The number of anilines is 1. The fraction of sp³-hybridized carbons (Fsp3) is 0.562. The second-order valence-corrected chi connectivity index (χ2v) is 5.96. The largest absolute Gasteiger partial charge is 0.492 e. The number of benzene rings is 1. The molecular formula is C16H23ClN2O3. The van der Waals surface area contributed by atoms with Gasteiger partial charge in [0.1, 0.15) is 5.75 Å². The van der Waals surface area contributed by atoms with E-state index in [1.54, 1.807) is 18.2 Å². The zero-order valence-electron chi connectivity index (χ0n) is 12.8. The van der Waals surface area contributed by atoms with Crippen molar-refractivity contribution >= 4 is 23.3 Å². The number of aliphatic hydroxyl groups is 1. The highest BCUT2D eigenvalue weighted by Crippen LogP contribution is 2.28. The van der Waals surface area contributed by atoms with Crippen molar-refractivity contribution in [3.05, 3.63) is 23.2 Å². The molecule has 0 heterocycles. The maximum absolute atomic E-state index is 12.0. The molecule has 2 amide bonds. The molecule has 5 nitrogen and oxygen atoms in total. The van der Waals surface area contributed by atoms with Crippen molar-refractivity contribution in [2.24, 2.45) is 0 Å². The van der Waals surface area contributed by atoms with Crippen LogP contribution in [-0.2, 0) is 0 Å². The van der Waals surface area contributed by atoms with Gasteiger partial charge in [0, 0.05) is 5.69 Å². The minimum absolute atomic E-state index is 0.184. The first-order valence-corrected chi connectivity index (χ1v) is 8.16. The van der Waals surface area contributed by atoms with Crippen molar-refractivity contribution in [3.63, 3.8) is 0 Å². The predicted octanol–water partition coefficient (Wildman–Crippen LogP) is 3.55. The Labute approximate surface area is 136 Å². The Kier molecular flexibility index (Phi) is 6.34. The zero-order chi connectivity index (χ0) is 15.9. The zero-order valence-corrected chi connectivity index (χ0v) is 13.5. The van der Waals surface area contributed by atoms with E-state index in [0.717, 1.165) is 32.1 Å². The summed E-state index contributed by atoms with van der Waals surface area (Å²) in [6.45, 7) is 2.63. The van der Waals surface area contributed by atoms with E-state index < -0.39 is 6.10 Å². The summed E-state index contributed by atoms with van der Waals surface area (Å²) in [6.07, 6.45) is 4.02. The monoisotopic (exact) mass is 326 g/mol. The van der Waals surface area contributed by atoms with Gasteiger partial charge in [-0.05, 0) is 37.5 Å². The van der Waals surface area contributed by atoms with Gasteiger partial charge in [-0.2, -0.15) is 0 Å². The molecule has 2 rings (SSSR count). The van der Waals surface area contributed by atoms with Gasteiger partial charge in [-0.3, -0.25) is 0 Å². The van der Waals surface area contributed by atoms with Crippen LogP contribution in [0.15, 0.2) is 18.2 Å². The number of hydrogen-bond donors (Lipinski definition) is 3. The van der Waals surface area contributed by atoms with E-state index in [4.69, 9.17) is 16.3 Å². The summed E-state index contributed by atoms with van der Waals surface area (Å²) in [5, 5.41) is 15.9. The van der Waals surface area contributed by atoms with Crippen LogP contribution in [0.3, 0.4) is 0 Å². The molecule has 6 heteroatoms. The molecule has 0 aromatic heterocycles. The number of carbonyl (C=O) groups excluding carboxylic acids is 1. The minimum Gasteiger partial charge on any atom is -0.492 e. The normalized spacial score (nSPS) is 21.2. The number of ether oxygens (including phenoxy) is 1. The lowest BCUT2D eigenvalue weighted by molar-refractivity contribution is 0.0955. The number of urea groups is 1. The molecule has 1 aromatic carbocycles. The maximum atomic E-state index is 12.0. The van der Waals surface area contributed by atoms with E-state index in [9.17, 15) is 9.90 Å². The molecule has 1 aromatic rings. The van der Waals surface area contributed by atoms with Crippen molar-refractivity contribution in [1.29, 1.82) is 0 Å². The standard InChI is InChI=1S/C16H23ClN2O3/c1-2-9-22-15-8-7-11(10-12(15)17)18-16(21)19-13-5-3-4-6-14(13)20/h7-8,10,13-14,20H,2-6,9H2,1H3,(H2,18,19,21)/t13-,14-/m1/s1. The van der Waals surface area contributed by atoms with Crippen molar-refractivity contribution in [2.75, 3.05) is 11.9 Å². The van der Waals surface area contributed by atoms with E-state index in [2.05, 4.69) is 10.6 Å². The highest BCUT2D eigenvalue weighted by molar-refractivity contribution is 6.32. The number of rotatable bonds is 5. The van der Waals surface area contributed by atoms with E-state index in [1.165, 1.54) is 0 Å². The molecule has 0 bridgehead atoms. The molecule has 0 radical (unpaired) electrons. The van der Waals surface area contributed by atoms with Crippen LogP contribution in [-0.4, -0.2) is 29.9 Å². The summed E-state index contributed by atoms with van der Waals surface area (Å²) >= 11 is 6.13. The van der Waals surface area contributed by atoms with Crippen LogP contribution in [0.2, 0.25) is 5.02 Å². The number of hydrogen-bond acceptors (Lipinski definition) is 3. The van der Waals surface area contributed by atoms with Crippen molar-refractivity contribution in [3.8, 4) is 5.75 Å². The van der Waals surface area contributed by atoms with Gasteiger partial charge in [-0.15, -0.1) is 0 Å². The van der Waals surface area contributed by atoms with Crippen LogP contribution >= 0.6 is 11.6 Å². The van der Waals surface area contributed by atoms with Crippen LogP contribution in [0.25, 0.3) is 0 Å². The van der Waals surface area contributed by atoms with Gasteiger partial charge in [0.05, 0.1) is 23.8 Å². The summed E-state index contributed by atoms with van der Waals surface area (Å²) in [5.41, 5.74) is 0.594. The summed E-state index contributed by atoms with van der Waals surface area (Å²) in [5.74, 6) is 0.608. The summed E-state index contributed by atoms with van der Waals surface area (Å²) in [6, 6.07) is 4.63. The Morgan fingerprint density at radius 1 is 1.41 bits per heavy atom. The van der Waals surface area contributed by atoms with Gasteiger partial charge < -0.3 is 20.5 Å². The van der Waals surface area contributed by atoms with Gasteiger partial charge in [0.15, 0.2) is 0 Å². The first kappa shape index (κ1) is 16.9. The molecule has 0 spiro atoms. The molecule has 1 fully saturated rings. The third kappa shape index (κ3) is 4.78. The number of halogens is 1. The topological polar surface area (TPSA) is 70.6 Å². The predicted molar refractivity (Wildman–Crippen MR) is 87.7 cm³/mol. The number of amides is 2. The maximum Gasteiger partial charge on any atom is 0.319 e. The van der Waals surface area contributed by atoms with E-state index >= 15 is 0 Å². The number of nitrogens with one attached hydrogen (secondary N) is 2. The lowest BCUT2D eigenvalue weighted by atomic mass is 9.93. The summed E-state index contributed by atoms with van der Waals surface area (Å²) < 4.78 is 5.49. The Bertz CT molecular complexity index is 510. The van der Waals surface area contributed by atoms with Crippen LogP contribution in [0, 0.1) is 0 Å². The molecular weight excluding hydrogens is 304 g/mol. The first-order valence-electron chi connectivity index (χ1n) is 7.78. The fourth-order valence-corrected chi connectivity index (χ4v) is 2.76. The van der Waals surface area contributed by atoms with Gasteiger partial charge >= 0.3 is 6.03 Å². The van der Waals surface area contributed by atoms with Crippen molar-refractivity contribution in [1.82, 2.24) is 5.32 Å². The van der Waals surface area contributed by atoms with Crippen LogP contribution in [0.4, 0.5) is 10.5 Å². The molecule has 0 saturated heterocycles. The Hall–Kier alpha value is -1.46. The minimum atomic E-state index is -0.465. The second-order valence-electron chi connectivity index (χ2n) is 5.55. The van der Waals surface area contributed by atoms with Gasteiger partial charge in [0.25, 0.3) is 0 Å². The third-order valence-electron chi connectivity index (χ3n) is 3.70. The third-order valence-corrected chi connectivity index (χ3v) is 3.99. The summed E-state index contributed by atoms with van der Waals surface area (Å²) in [7, 11) is 0. The van der Waals surface area contributed by atoms with Crippen LogP contribution in [0.5, 0.6) is 5.75 Å². The van der Waals surface area contributed by atoms with Crippen LogP contribution < -0.4 is 15.4 Å². The fourth-order valence-electron chi connectivity index (χ4n) is 2.52.